The summed E-state index contributed by atoms with van der Waals surface area (Å²) in [4.78, 5) is 19.5. The third-order valence-electron chi connectivity index (χ3n) is 5.89. The maximum Gasteiger partial charge on any atom is 0.326 e. The lowest BCUT2D eigenvalue weighted by atomic mass is 9.98. The number of nitrogens with two attached hydrogens (primary N) is 1. The summed E-state index contributed by atoms with van der Waals surface area (Å²) in [5.74, 6) is 0.978. The predicted octanol–water partition coefficient (Wildman–Crippen LogP) is 2.61. The molecule has 3 heterocycles. The number of fused-ring (bicyclic) bond motifs is 1. The maximum absolute atomic E-state index is 13.4. The second-order valence-corrected chi connectivity index (χ2v) is 7.77. The Labute approximate surface area is 160 Å². The molecule has 3 aliphatic rings. The Morgan fingerprint density at radius 2 is 2.00 bits per heavy atom. The number of nitriles is 1. The van der Waals surface area contributed by atoms with E-state index in [1.807, 2.05) is 34.1 Å². The van der Waals surface area contributed by atoms with Crippen LogP contribution in [0.3, 0.4) is 0 Å². The highest BCUT2D eigenvalue weighted by Gasteiger charge is 2.38. The maximum atomic E-state index is 13.4. The third-order valence-corrected chi connectivity index (χ3v) is 5.89. The molecule has 0 aromatic heterocycles. The van der Waals surface area contributed by atoms with Crippen LogP contribution in [0.25, 0.3) is 0 Å². The Bertz CT molecular complexity index is 783. The molecule has 1 aromatic rings. The van der Waals surface area contributed by atoms with E-state index >= 15 is 0 Å². The van der Waals surface area contributed by atoms with E-state index in [1.165, 1.54) is 0 Å². The van der Waals surface area contributed by atoms with E-state index in [1.54, 1.807) is 0 Å². The highest BCUT2D eigenvalue weighted by molar-refractivity contribution is 5.78. The largest absolute Gasteiger partial charge is 0.357 e. The Hall–Kier alpha value is -2.52. The van der Waals surface area contributed by atoms with E-state index in [0.29, 0.717) is 12.1 Å². The summed E-state index contributed by atoms with van der Waals surface area (Å²) in [6, 6.07) is 10.2. The van der Waals surface area contributed by atoms with Crippen molar-refractivity contribution in [3.8, 4) is 6.07 Å². The van der Waals surface area contributed by atoms with Crippen LogP contribution < -0.4 is 5.73 Å². The molecule has 2 saturated heterocycles. The average molecular weight is 365 g/mol. The van der Waals surface area contributed by atoms with Crippen molar-refractivity contribution in [2.75, 3.05) is 19.6 Å². The van der Waals surface area contributed by atoms with Crippen LogP contribution in [0.1, 0.15) is 43.2 Å². The van der Waals surface area contributed by atoms with Crippen LogP contribution >= 0.6 is 0 Å². The molecule has 3 aliphatic heterocycles. The summed E-state index contributed by atoms with van der Waals surface area (Å²) in [5.41, 5.74) is 7.73. The SMILES string of the molecule is N#Cc1ccccc1CN1C(=O)N2CCCCC2C=C1N1CCC[C@@H](N)C1. The first-order chi connectivity index (χ1) is 13.2. The summed E-state index contributed by atoms with van der Waals surface area (Å²) in [5, 5.41) is 9.45. The molecule has 2 fully saturated rings. The third kappa shape index (κ3) is 3.52. The van der Waals surface area contributed by atoms with Crippen molar-refractivity contribution in [3.63, 3.8) is 0 Å². The quantitative estimate of drug-likeness (QED) is 0.893. The van der Waals surface area contributed by atoms with Crippen LogP contribution in [0.15, 0.2) is 36.2 Å². The van der Waals surface area contributed by atoms with Gasteiger partial charge in [0.05, 0.1) is 24.2 Å². The van der Waals surface area contributed by atoms with Crippen LogP contribution in [0.4, 0.5) is 4.79 Å². The molecule has 0 bridgehead atoms. The second-order valence-electron chi connectivity index (χ2n) is 7.77. The van der Waals surface area contributed by atoms with Crippen molar-refractivity contribution >= 4 is 6.03 Å². The minimum absolute atomic E-state index is 0.0593. The zero-order valence-corrected chi connectivity index (χ0v) is 15.7. The molecular formula is C21H27N5O. The molecule has 4 rings (SSSR count). The number of hydrogen-bond donors (Lipinski definition) is 1. The smallest absolute Gasteiger partial charge is 0.326 e. The van der Waals surface area contributed by atoms with Gasteiger partial charge in [0.25, 0.3) is 0 Å². The first-order valence-electron chi connectivity index (χ1n) is 9.96. The minimum Gasteiger partial charge on any atom is -0.357 e. The molecule has 2 N–H and O–H groups in total. The molecule has 6 nitrogen and oxygen atoms in total. The second kappa shape index (κ2) is 7.61. The van der Waals surface area contributed by atoms with Gasteiger partial charge in [0.15, 0.2) is 0 Å². The summed E-state index contributed by atoms with van der Waals surface area (Å²) in [6.45, 7) is 2.94. The minimum atomic E-state index is 0.0593. The Balaban J connectivity index is 1.68. The summed E-state index contributed by atoms with van der Waals surface area (Å²) < 4.78 is 0. The fourth-order valence-electron chi connectivity index (χ4n) is 4.46. The lowest BCUT2D eigenvalue weighted by molar-refractivity contribution is 0.0970. The van der Waals surface area contributed by atoms with Gasteiger partial charge in [-0.3, -0.25) is 4.90 Å². The average Bonchev–Trinajstić information content (AvgIpc) is 2.70. The molecule has 6 heteroatoms. The summed E-state index contributed by atoms with van der Waals surface area (Å²) in [6.07, 6.45) is 7.58. The van der Waals surface area contributed by atoms with Crippen molar-refractivity contribution < 1.29 is 4.79 Å². The van der Waals surface area contributed by atoms with E-state index < -0.39 is 0 Å². The first kappa shape index (κ1) is 17.9. The van der Waals surface area contributed by atoms with Crippen LogP contribution in [0.5, 0.6) is 0 Å². The van der Waals surface area contributed by atoms with Crippen molar-refractivity contribution in [3.05, 3.63) is 47.3 Å². The molecule has 142 valence electrons. The van der Waals surface area contributed by atoms with Crippen molar-refractivity contribution in [1.29, 1.82) is 5.26 Å². The number of urea groups is 1. The van der Waals surface area contributed by atoms with Gasteiger partial charge in [0.1, 0.15) is 5.82 Å². The van der Waals surface area contributed by atoms with Crippen molar-refractivity contribution in [2.24, 2.45) is 5.73 Å². The van der Waals surface area contributed by atoms with Gasteiger partial charge in [-0.1, -0.05) is 18.2 Å². The lowest BCUT2D eigenvalue weighted by Crippen LogP contribution is -2.57. The van der Waals surface area contributed by atoms with Gasteiger partial charge in [-0.05, 0) is 49.8 Å². The number of benzene rings is 1. The van der Waals surface area contributed by atoms with Gasteiger partial charge in [0.2, 0.25) is 0 Å². The van der Waals surface area contributed by atoms with Crippen LogP contribution in [-0.2, 0) is 6.54 Å². The number of piperidine rings is 2. The van der Waals surface area contributed by atoms with Gasteiger partial charge >= 0.3 is 6.03 Å². The van der Waals surface area contributed by atoms with E-state index in [-0.39, 0.29) is 18.1 Å². The zero-order valence-electron chi connectivity index (χ0n) is 15.7. The number of amides is 2. The standard InChI is InChI=1S/C21H27N5O/c22-13-16-6-1-2-7-17(16)14-26-20(24-10-5-8-18(23)15-24)12-19-9-3-4-11-25(19)21(26)27/h1-2,6-7,12,18-19H,3-5,8-11,14-15,23H2/t18-,19?/m1/s1. The fraction of sp³-hybridized carbons (Fsp3) is 0.524. The van der Waals surface area contributed by atoms with E-state index in [2.05, 4.69) is 17.0 Å². The molecule has 0 radical (unpaired) electrons. The molecule has 0 aliphatic carbocycles. The molecule has 27 heavy (non-hydrogen) atoms. The van der Waals surface area contributed by atoms with Gasteiger partial charge in [0, 0.05) is 25.7 Å². The van der Waals surface area contributed by atoms with Crippen molar-refractivity contribution in [2.45, 2.75) is 50.7 Å². The Morgan fingerprint density at radius 3 is 2.81 bits per heavy atom. The molecule has 0 spiro atoms. The monoisotopic (exact) mass is 365 g/mol. The number of likely N-dealkylation sites (tertiary alicyclic amines) is 1. The molecule has 2 atom stereocenters. The van der Waals surface area contributed by atoms with E-state index in [9.17, 15) is 10.1 Å². The van der Waals surface area contributed by atoms with Gasteiger partial charge in [-0.25, -0.2) is 4.79 Å². The molecule has 0 saturated carbocycles. The van der Waals surface area contributed by atoms with Gasteiger partial charge in [-0.15, -0.1) is 0 Å². The topological polar surface area (TPSA) is 76.6 Å². The van der Waals surface area contributed by atoms with Crippen LogP contribution in [0.2, 0.25) is 0 Å². The summed E-state index contributed by atoms with van der Waals surface area (Å²) in [7, 11) is 0. The van der Waals surface area contributed by atoms with Gasteiger partial charge < -0.3 is 15.5 Å². The van der Waals surface area contributed by atoms with Crippen molar-refractivity contribution in [1.82, 2.24) is 14.7 Å². The van der Waals surface area contributed by atoms with E-state index in [4.69, 9.17) is 5.73 Å². The Morgan fingerprint density at radius 1 is 1.15 bits per heavy atom. The molecule has 1 unspecified atom stereocenters. The predicted molar refractivity (Wildman–Crippen MR) is 103 cm³/mol. The number of rotatable bonds is 3. The molecule has 2 amide bonds. The van der Waals surface area contributed by atoms with Crippen LogP contribution in [0, 0.1) is 11.3 Å². The van der Waals surface area contributed by atoms with Crippen LogP contribution in [-0.4, -0.2) is 52.4 Å². The number of hydrogen-bond acceptors (Lipinski definition) is 4. The first-order valence-corrected chi connectivity index (χ1v) is 9.96. The van der Waals surface area contributed by atoms with Gasteiger partial charge in [-0.2, -0.15) is 5.26 Å². The number of nitrogens with zero attached hydrogens (tertiary/aromatic N) is 4. The molecular weight excluding hydrogens is 338 g/mol. The molecule has 1 aromatic carbocycles. The highest BCUT2D eigenvalue weighted by Crippen LogP contribution is 2.31. The fourth-order valence-corrected chi connectivity index (χ4v) is 4.46. The van der Waals surface area contributed by atoms with E-state index in [0.717, 1.165) is 63.1 Å². The number of carbonyl (C=O) groups is 1. The lowest BCUT2D eigenvalue weighted by Gasteiger charge is -2.47. The summed E-state index contributed by atoms with van der Waals surface area (Å²) >= 11 is 0. The Kier molecular flexibility index (Phi) is 5.04. The highest BCUT2D eigenvalue weighted by atomic mass is 16.2. The normalized spacial score (nSPS) is 25.7. The number of carbonyl (C=O) groups excluding carboxylic acids is 1. The zero-order chi connectivity index (χ0) is 18.8.